The first-order valence-electron chi connectivity index (χ1n) is 6.87. The van der Waals surface area contributed by atoms with Gasteiger partial charge in [0, 0.05) is 5.97 Å². The number of carboxylic acids is 1. The Labute approximate surface area is 112 Å². The Hall–Kier alpha value is -0.610. The molecule has 1 N–H and O–H groups in total. The summed E-state index contributed by atoms with van der Waals surface area (Å²) < 4.78 is 0.831. The van der Waals surface area contributed by atoms with Crippen molar-refractivity contribution in [3.8, 4) is 0 Å². The van der Waals surface area contributed by atoms with Gasteiger partial charge in [0.15, 0.2) is 0 Å². The molecule has 0 amide bonds. The summed E-state index contributed by atoms with van der Waals surface area (Å²) >= 11 is 0. The number of carboxylic acid groups (broad SMARTS) is 1. The average molecular weight is 261 g/mol. The van der Waals surface area contributed by atoms with Crippen LogP contribution < -0.4 is 5.11 Å². The molecule has 0 aliphatic carbocycles. The Kier molecular flexibility index (Phi) is 12.6. The first kappa shape index (κ1) is 19.7. The normalized spacial score (nSPS) is 12.6. The Morgan fingerprint density at radius 1 is 1.17 bits per heavy atom. The predicted octanol–water partition coefficient (Wildman–Crippen LogP) is 1.17. The lowest BCUT2D eigenvalue weighted by atomic mass is 10.1. The number of hydrogen-bond donors (Lipinski definition) is 1. The third-order valence-corrected chi connectivity index (χ3v) is 2.30. The number of likely N-dealkylation sites (N-methyl/N-ethyl adjacent to an activating group) is 1. The van der Waals surface area contributed by atoms with Crippen molar-refractivity contribution in [3.05, 3.63) is 0 Å². The van der Waals surface area contributed by atoms with Gasteiger partial charge in [-0.3, -0.25) is 0 Å². The van der Waals surface area contributed by atoms with Gasteiger partial charge in [0.2, 0.25) is 0 Å². The molecule has 4 nitrogen and oxygen atoms in total. The molecule has 0 saturated heterocycles. The van der Waals surface area contributed by atoms with Crippen LogP contribution in [0.15, 0.2) is 0 Å². The van der Waals surface area contributed by atoms with Crippen molar-refractivity contribution in [2.45, 2.75) is 58.5 Å². The fourth-order valence-electron chi connectivity index (χ4n) is 1.67. The van der Waals surface area contributed by atoms with E-state index in [-0.39, 0.29) is 12.5 Å². The van der Waals surface area contributed by atoms with E-state index in [0.29, 0.717) is 0 Å². The van der Waals surface area contributed by atoms with Crippen LogP contribution in [0.3, 0.4) is 0 Å². The second-order valence-corrected chi connectivity index (χ2v) is 5.86. The number of aliphatic hydroxyl groups is 1. The molecule has 0 spiro atoms. The molecule has 1 atom stereocenters. The standard InChI is InChI=1S/C8H16O2.C6H16NO/c1-2-3-4-5-6-7-8(9)10;1-6(8)5-7(2,3)4/h2-7H2,1H3,(H,9,10);6,8H,5H2,1-4H3/q;+1/p-1. The molecule has 0 heterocycles. The van der Waals surface area contributed by atoms with E-state index in [2.05, 4.69) is 28.1 Å². The summed E-state index contributed by atoms with van der Waals surface area (Å²) in [7, 11) is 6.19. The third-order valence-electron chi connectivity index (χ3n) is 2.30. The highest BCUT2D eigenvalue weighted by atomic mass is 16.4. The minimum atomic E-state index is -0.920. The molecule has 0 aromatic carbocycles. The number of quaternary nitrogens is 1. The maximum absolute atomic E-state index is 9.92. The lowest BCUT2D eigenvalue weighted by Gasteiger charge is -2.24. The number of aliphatic hydroxyl groups excluding tert-OH is 1. The van der Waals surface area contributed by atoms with Crippen LogP contribution in [-0.2, 0) is 4.79 Å². The van der Waals surface area contributed by atoms with Crippen molar-refractivity contribution in [1.82, 2.24) is 0 Å². The van der Waals surface area contributed by atoms with Crippen LogP contribution in [0.25, 0.3) is 0 Å². The van der Waals surface area contributed by atoms with Gasteiger partial charge in [-0.05, 0) is 19.8 Å². The summed E-state index contributed by atoms with van der Waals surface area (Å²) in [4.78, 5) is 9.92. The molecule has 110 valence electrons. The van der Waals surface area contributed by atoms with E-state index in [1.165, 1.54) is 12.8 Å². The van der Waals surface area contributed by atoms with Gasteiger partial charge in [-0.1, -0.05) is 32.6 Å². The minimum Gasteiger partial charge on any atom is -0.550 e. The topological polar surface area (TPSA) is 60.4 Å². The highest BCUT2D eigenvalue weighted by Gasteiger charge is 2.09. The van der Waals surface area contributed by atoms with Gasteiger partial charge in [-0.25, -0.2) is 0 Å². The third kappa shape index (κ3) is 24.6. The van der Waals surface area contributed by atoms with Crippen LogP contribution >= 0.6 is 0 Å². The summed E-state index contributed by atoms with van der Waals surface area (Å²) in [6.45, 7) is 4.77. The highest BCUT2D eigenvalue weighted by Crippen LogP contribution is 2.03. The maximum atomic E-state index is 9.92. The molecular weight excluding hydrogens is 230 g/mol. The van der Waals surface area contributed by atoms with Crippen LogP contribution in [0.2, 0.25) is 0 Å². The van der Waals surface area contributed by atoms with Crippen molar-refractivity contribution >= 4 is 5.97 Å². The zero-order valence-electron chi connectivity index (χ0n) is 12.7. The second kappa shape index (κ2) is 11.5. The van der Waals surface area contributed by atoms with E-state index in [0.717, 1.165) is 30.3 Å². The molecule has 18 heavy (non-hydrogen) atoms. The Morgan fingerprint density at radius 2 is 1.67 bits per heavy atom. The van der Waals surface area contributed by atoms with Gasteiger partial charge in [-0.15, -0.1) is 0 Å². The fraction of sp³-hybridized carbons (Fsp3) is 0.929. The number of nitrogens with zero attached hydrogens (tertiary/aromatic N) is 1. The van der Waals surface area contributed by atoms with E-state index in [4.69, 9.17) is 5.11 Å². The van der Waals surface area contributed by atoms with E-state index in [1.807, 2.05) is 6.92 Å². The van der Waals surface area contributed by atoms with Crippen LogP contribution in [0, 0.1) is 0 Å². The number of hydrogen-bond acceptors (Lipinski definition) is 3. The minimum absolute atomic E-state index is 0.185. The molecule has 4 heteroatoms. The Bertz CT molecular complexity index is 198. The van der Waals surface area contributed by atoms with Crippen molar-refractivity contribution in [1.29, 1.82) is 0 Å². The maximum Gasteiger partial charge on any atom is 0.104 e. The van der Waals surface area contributed by atoms with Gasteiger partial charge in [0.05, 0.1) is 21.1 Å². The molecule has 0 aliphatic rings. The van der Waals surface area contributed by atoms with Crippen molar-refractivity contribution < 1.29 is 19.5 Å². The molecule has 0 fully saturated rings. The largest absolute Gasteiger partial charge is 0.550 e. The summed E-state index contributed by atoms with van der Waals surface area (Å²) in [5.41, 5.74) is 0. The monoisotopic (exact) mass is 261 g/mol. The number of carbonyl (C=O) groups is 1. The number of aliphatic carboxylic acids is 1. The first-order chi connectivity index (χ1) is 8.19. The van der Waals surface area contributed by atoms with Crippen molar-refractivity contribution in [2.75, 3.05) is 27.7 Å². The molecule has 1 unspecified atom stereocenters. The lowest BCUT2D eigenvalue weighted by Crippen LogP contribution is -2.40. The molecule has 0 aromatic rings. The van der Waals surface area contributed by atoms with Crippen molar-refractivity contribution in [3.63, 3.8) is 0 Å². The van der Waals surface area contributed by atoms with Gasteiger partial charge >= 0.3 is 0 Å². The van der Waals surface area contributed by atoms with Crippen LogP contribution in [0.5, 0.6) is 0 Å². The van der Waals surface area contributed by atoms with Crippen LogP contribution in [-0.4, -0.2) is 49.4 Å². The number of carbonyl (C=O) groups excluding carboxylic acids is 1. The number of rotatable bonds is 8. The summed E-state index contributed by atoms with van der Waals surface area (Å²) in [6, 6.07) is 0. The van der Waals surface area contributed by atoms with E-state index >= 15 is 0 Å². The predicted molar refractivity (Wildman–Crippen MR) is 73.0 cm³/mol. The average Bonchev–Trinajstić information content (AvgIpc) is 2.13. The molecule has 0 radical (unpaired) electrons. The number of unbranched alkanes of at least 4 members (excludes halogenated alkanes) is 4. The Balaban J connectivity index is 0. The second-order valence-electron chi connectivity index (χ2n) is 5.86. The fourth-order valence-corrected chi connectivity index (χ4v) is 1.67. The smallest absolute Gasteiger partial charge is 0.104 e. The van der Waals surface area contributed by atoms with Crippen LogP contribution in [0.1, 0.15) is 52.4 Å². The highest BCUT2D eigenvalue weighted by molar-refractivity contribution is 5.63. The van der Waals surface area contributed by atoms with Gasteiger partial charge < -0.3 is 19.5 Å². The molecule has 0 rings (SSSR count). The van der Waals surface area contributed by atoms with Gasteiger partial charge in [0.25, 0.3) is 0 Å². The molecule has 0 aliphatic heterocycles. The van der Waals surface area contributed by atoms with Crippen molar-refractivity contribution in [2.24, 2.45) is 0 Å². The van der Waals surface area contributed by atoms with E-state index in [9.17, 15) is 9.90 Å². The van der Waals surface area contributed by atoms with Gasteiger partial charge in [0.1, 0.15) is 12.6 Å². The summed E-state index contributed by atoms with van der Waals surface area (Å²) in [5, 5.41) is 18.8. The first-order valence-corrected chi connectivity index (χ1v) is 6.87. The molecule has 0 bridgehead atoms. The molecule has 0 aromatic heterocycles. The summed E-state index contributed by atoms with van der Waals surface area (Å²) in [5.74, 6) is -0.920. The SMILES string of the molecule is CC(O)C[N+](C)(C)C.CCCCCCCC(=O)[O-]. The van der Waals surface area contributed by atoms with E-state index in [1.54, 1.807) is 0 Å². The zero-order valence-corrected chi connectivity index (χ0v) is 12.7. The zero-order chi connectivity index (χ0) is 14.6. The lowest BCUT2D eigenvalue weighted by molar-refractivity contribution is -0.873. The van der Waals surface area contributed by atoms with E-state index < -0.39 is 5.97 Å². The van der Waals surface area contributed by atoms with Gasteiger partial charge in [-0.2, -0.15) is 0 Å². The summed E-state index contributed by atoms with van der Waals surface area (Å²) in [6.07, 6.45) is 5.42. The van der Waals surface area contributed by atoms with Crippen LogP contribution in [0.4, 0.5) is 0 Å². The molecular formula is C14H31NO3. The molecule has 0 saturated carbocycles. The quantitative estimate of drug-likeness (QED) is 0.527. The Morgan fingerprint density at radius 3 is 1.94 bits per heavy atom.